The number of nitrogens with one attached hydrogen (secondary N) is 2. The van der Waals surface area contributed by atoms with Crippen molar-refractivity contribution >= 4 is 23.3 Å². The largest absolute Gasteiger partial charge is 0.335 e. The minimum absolute atomic E-state index is 0.150. The molecule has 1 saturated heterocycles. The van der Waals surface area contributed by atoms with Crippen LogP contribution in [0.15, 0.2) is 18.2 Å². The number of hydrogen-bond donors (Lipinski definition) is 2. The lowest BCUT2D eigenvalue weighted by atomic mass is 10.0. The molecule has 1 aromatic carbocycles. The molecule has 4 nitrogen and oxygen atoms in total. The fourth-order valence-electron chi connectivity index (χ4n) is 2.65. The van der Waals surface area contributed by atoms with E-state index >= 15 is 0 Å². The monoisotopic (exact) mass is 309 g/mol. The highest BCUT2D eigenvalue weighted by Gasteiger charge is 2.22. The van der Waals surface area contributed by atoms with Crippen LogP contribution in [0.4, 0.5) is 10.5 Å². The van der Waals surface area contributed by atoms with Crippen molar-refractivity contribution in [1.29, 1.82) is 0 Å². The summed E-state index contributed by atoms with van der Waals surface area (Å²) in [6.45, 7) is 8.40. The molecule has 1 aliphatic heterocycles. The molecule has 21 heavy (non-hydrogen) atoms. The van der Waals surface area contributed by atoms with Gasteiger partial charge in [0.1, 0.15) is 0 Å². The number of benzene rings is 1. The smallest absolute Gasteiger partial charge is 0.319 e. The number of piperidine rings is 1. The second kappa shape index (κ2) is 7.14. The molecule has 1 aliphatic rings. The van der Waals surface area contributed by atoms with E-state index in [1.54, 1.807) is 0 Å². The molecule has 0 spiro atoms. The summed E-state index contributed by atoms with van der Waals surface area (Å²) in [6.07, 6.45) is 2.00. The predicted molar refractivity (Wildman–Crippen MR) is 88.1 cm³/mol. The first-order valence-electron chi connectivity index (χ1n) is 7.54. The molecule has 0 bridgehead atoms. The fourth-order valence-corrected chi connectivity index (χ4v) is 2.82. The van der Waals surface area contributed by atoms with Crippen molar-refractivity contribution in [3.05, 3.63) is 28.8 Å². The van der Waals surface area contributed by atoms with Gasteiger partial charge in [0.25, 0.3) is 0 Å². The maximum absolute atomic E-state index is 12.1. The van der Waals surface area contributed by atoms with E-state index in [-0.39, 0.29) is 12.1 Å². The Morgan fingerprint density at radius 3 is 2.62 bits per heavy atom. The van der Waals surface area contributed by atoms with Gasteiger partial charge in [0.15, 0.2) is 0 Å². The predicted octanol–water partition coefficient (Wildman–Crippen LogP) is 3.64. The standard InChI is InChI=1S/C16H24ClN3O/c1-11(2)20-9-7-13(8-10-20)18-16(21)19-15-6-4-5-14(17)12(15)3/h4-6,11,13H,7-10H2,1-3H3,(H2,18,19,21). The molecular formula is C16H24ClN3O. The van der Waals surface area contributed by atoms with Crippen LogP contribution in [-0.2, 0) is 0 Å². The zero-order valence-corrected chi connectivity index (χ0v) is 13.7. The third kappa shape index (κ3) is 4.35. The molecule has 0 atom stereocenters. The minimum atomic E-state index is -0.150. The van der Waals surface area contributed by atoms with Gasteiger partial charge in [-0.3, -0.25) is 0 Å². The first-order chi connectivity index (χ1) is 9.97. The molecular weight excluding hydrogens is 286 g/mol. The fraction of sp³-hybridized carbons (Fsp3) is 0.562. The number of hydrogen-bond acceptors (Lipinski definition) is 2. The van der Waals surface area contributed by atoms with E-state index in [1.165, 1.54) is 0 Å². The molecule has 5 heteroatoms. The lowest BCUT2D eigenvalue weighted by molar-refractivity contribution is 0.163. The summed E-state index contributed by atoms with van der Waals surface area (Å²) in [5.74, 6) is 0. The van der Waals surface area contributed by atoms with Gasteiger partial charge >= 0.3 is 6.03 Å². The van der Waals surface area contributed by atoms with Crippen molar-refractivity contribution in [2.75, 3.05) is 18.4 Å². The highest BCUT2D eigenvalue weighted by Crippen LogP contribution is 2.23. The summed E-state index contributed by atoms with van der Waals surface area (Å²) in [5, 5.41) is 6.60. The number of likely N-dealkylation sites (tertiary alicyclic amines) is 1. The van der Waals surface area contributed by atoms with E-state index in [2.05, 4.69) is 29.4 Å². The van der Waals surface area contributed by atoms with E-state index in [4.69, 9.17) is 11.6 Å². The van der Waals surface area contributed by atoms with Crippen LogP contribution >= 0.6 is 11.6 Å². The molecule has 2 amide bonds. The molecule has 2 N–H and O–H groups in total. The molecule has 0 saturated carbocycles. The molecule has 0 radical (unpaired) electrons. The molecule has 0 unspecified atom stereocenters. The van der Waals surface area contributed by atoms with E-state index in [0.29, 0.717) is 11.1 Å². The average Bonchev–Trinajstić information content (AvgIpc) is 2.44. The van der Waals surface area contributed by atoms with Crippen LogP contribution in [0.5, 0.6) is 0 Å². The van der Waals surface area contributed by atoms with Gasteiger partial charge in [-0.1, -0.05) is 17.7 Å². The van der Waals surface area contributed by atoms with Crippen LogP contribution in [0, 0.1) is 6.92 Å². The Balaban J connectivity index is 1.84. The maximum Gasteiger partial charge on any atom is 0.319 e. The third-order valence-electron chi connectivity index (χ3n) is 4.11. The molecule has 1 heterocycles. The number of halogens is 1. The van der Waals surface area contributed by atoms with Crippen LogP contribution in [0.2, 0.25) is 5.02 Å². The zero-order valence-electron chi connectivity index (χ0n) is 12.9. The highest BCUT2D eigenvalue weighted by molar-refractivity contribution is 6.31. The number of carbonyl (C=O) groups is 1. The highest BCUT2D eigenvalue weighted by atomic mass is 35.5. The van der Waals surface area contributed by atoms with Gasteiger partial charge < -0.3 is 15.5 Å². The van der Waals surface area contributed by atoms with E-state index in [0.717, 1.165) is 37.2 Å². The summed E-state index contributed by atoms with van der Waals surface area (Å²) < 4.78 is 0. The van der Waals surface area contributed by atoms with Gasteiger partial charge in [-0.2, -0.15) is 0 Å². The number of nitrogens with zero attached hydrogens (tertiary/aromatic N) is 1. The third-order valence-corrected chi connectivity index (χ3v) is 4.52. The van der Waals surface area contributed by atoms with Crippen LogP contribution in [0.25, 0.3) is 0 Å². The van der Waals surface area contributed by atoms with Gasteiger partial charge in [-0.05, 0) is 51.3 Å². The molecule has 1 fully saturated rings. The number of urea groups is 1. The van der Waals surface area contributed by atoms with Crippen LogP contribution in [0.3, 0.4) is 0 Å². The van der Waals surface area contributed by atoms with Gasteiger partial charge in [0.2, 0.25) is 0 Å². The second-order valence-corrected chi connectivity index (χ2v) is 6.32. The van der Waals surface area contributed by atoms with Gasteiger partial charge in [0, 0.05) is 35.9 Å². The summed E-state index contributed by atoms with van der Waals surface area (Å²) in [7, 11) is 0. The number of anilines is 1. The lowest BCUT2D eigenvalue weighted by Gasteiger charge is -2.34. The van der Waals surface area contributed by atoms with Crippen LogP contribution < -0.4 is 10.6 Å². The van der Waals surface area contributed by atoms with E-state index in [9.17, 15) is 4.79 Å². The SMILES string of the molecule is Cc1c(Cl)cccc1NC(=O)NC1CCN(C(C)C)CC1. The van der Waals surface area contributed by atoms with E-state index in [1.807, 2.05) is 25.1 Å². The number of amides is 2. The first-order valence-corrected chi connectivity index (χ1v) is 7.92. The summed E-state index contributed by atoms with van der Waals surface area (Å²) >= 11 is 6.06. The van der Waals surface area contributed by atoms with Gasteiger partial charge in [-0.25, -0.2) is 4.79 Å². The second-order valence-electron chi connectivity index (χ2n) is 5.91. The molecule has 2 rings (SSSR count). The summed E-state index contributed by atoms with van der Waals surface area (Å²) in [4.78, 5) is 14.5. The Labute approximate surface area is 131 Å². The Morgan fingerprint density at radius 1 is 1.33 bits per heavy atom. The molecule has 1 aromatic rings. The van der Waals surface area contributed by atoms with Crippen LogP contribution in [-0.4, -0.2) is 36.1 Å². The number of rotatable bonds is 3. The quantitative estimate of drug-likeness (QED) is 0.895. The molecule has 0 aromatic heterocycles. The van der Waals surface area contributed by atoms with Crippen LogP contribution in [0.1, 0.15) is 32.3 Å². The maximum atomic E-state index is 12.1. The lowest BCUT2D eigenvalue weighted by Crippen LogP contribution is -2.47. The van der Waals surface area contributed by atoms with Crippen molar-refractivity contribution in [2.45, 2.75) is 45.7 Å². The Kier molecular flexibility index (Phi) is 5.48. The summed E-state index contributed by atoms with van der Waals surface area (Å²) in [6, 6.07) is 6.20. The van der Waals surface area contributed by atoms with Crippen molar-refractivity contribution in [1.82, 2.24) is 10.2 Å². The van der Waals surface area contributed by atoms with E-state index < -0.39 is 0 Å². The summed E-state index contributed by atoms with van der Waals surface area (Å²) in [5.41, 5.74) is 1.66. The molecule has 116 valence electrons. The Bertz CT molecular complexity index is 496. The zero-order chi connectivity index (χ0) is 15.4. The van der Waals surface area contributed by atoms with Crippen molar-refractivity contribution in [2.24, 2.45) is 0 Å². The Hall–Kier alpha value is -1.26. The topological polar surface area (TPSA) is 44.4 Å². The van der Waals surface area contributed by atoms with Crippen molar-refractivity contribution in [3.63, 3.8) is 0 Å². The average molecular weight is 310 g/mol. The van der Waals surface area contributed by atoms with Gasteiger partial charge in [-0.15, -0.1) is 0 Å². The van der Waals surface area contributed by atoms with Crippen molar-refractivity contribution < 1.29 is 4.79 Å². The normalized spacial score (nSPS) is 17.0. The van der Waals surface area contributed by atoms with Crippen molar-refractivity contribution in [3.8, 4) is 0 Å². The number of carbonyl (C=O) groups excluding carboxylic acids is 1. The van der Waals surface area contributed by atoms with Gasteiger partial charge in [0.05, 0.1) is 0 Å². The minimum Gasteiger partial charge on any atom is -0.335 e. The first kappa shape index (κ1) is 16.1. The molecule has 0 aliphatic carbocycles. The Morgan fingerprint density at radius 2 is 2.00 bits per heavy atom.